The number of methoxy groups -OCH3 is 1. The van der Waals surface area contributed by atoms with Gasteiger partial charge in [-0.3, -0.25) is 4.79 Å². The minimum absolute atomic E-state index is 0.000240. The van der Waals surface area contributed by atoms with Crippen molar-refractivity contribution in [3.63, 3.8) is 0 Å². The Morgan fingerprint density at radius 2 is 1.19 bits per heavy atom. The summed E-state index contributed by atoms with van der Waals surface area (Å²) in [5.74, 6) is 0.0749. The van der Waals surface area contributed by atoms with Crippen LogP contribution in [0.25, 0.3) is 0 Å². The zero-order chi connectivity index (χ0) is 67.6. The van der Waals surface area contributed by atoms with Crippen molar-refractivity contribution < 1.29 is 60.5 Å². The highest BCUT2D eigenvalue weighted by atomic mass is 127. The first-order valence-electron chi connectivity index (χ1n) is 34.4. The zero-order valence-electron chi connectivity index (χ0n) is 61.5. The summed E-state index contributed by atoms with van der Waals surface area (Å²) < 4.78 is 81.8. The van der Waals surface area contributed by atoms with Crippen LogP contribution in [0.15, 0.2) is 34.5 Å². The molecule has 0 unspecified atom stereocenters. The molecule has 0 aromatic carbocycles. The third-order valence-corrected chi connectivity index (χ3v) is 46.2. The number of ether oxygens (including phenoxy) is 6. The van der Waals surface area contributed by atoms with E-state index in [1.54, 1.807) is 7.11 Å². The van der Waals surface area contributed by atoms with Crippen LogP contribution in [-0.2, 0) is 55.3 Å². The van der Waals surface area contributed by atoms with Crippen molar-refractivity contribution in [2.75, 3.05) is 20.3 Å². The highest BCUT2D eigenvalue weighted by Crippen LogP contribution is 2.50. The minimum atomic E-state index is -2.50. The fourth-order valence-electron chi connectivity index (χ4n) is 12.2. The van der Waals surface area contributed by atoms with Gasteiger partial charge in [-0.25, -0.2) is 0 Å². The fourth-order valence-corrected chi connectivity index (χ4v) is 18.9. The van der Waals surface area contributed by atoms with Crippen LogP contribution in [-0.4, -0.2) is 164 Å². The summed E-state index contributed by atoms with van der Waals surface area (Å²) in [7, 11) is -10.0. The van der Waals surface area contributed by atoms with Crippen molar-refractivity contribution in [3.8, 4) is 0 Å². The van der Waals surface area contributed by atoms with Crippen molar-refractivity contribution in [2.45, 2.75) is 370 Å². The fraction of sp³-hybridized carbons (Fsp3) is 0.900. The molecular formula is C70H133IO13Si5. The van der Waals surface area contributed by atoms with Gasteiger partial charge in [0, 0.05) is 45.3 Å². The van der Waals surface area contributed by atoms with E-state index in [0.29, 0.717) is 32.3 Å². The molecule has 0 aromatic rings. The Bertz CT molecular complexity index is 2330. The average Bonchev–Trinajstić information content (AvgIpc) is 1.32. The molecule has 5 fully saturated rings. The minimum Gasteiger partial charge on any atom is -0.414 e. The van der Waals surface area contributed by atoms with Crippen LogP contribution < -0.4 is 0 Å². The van der Waals surface area contributed by atoms with Gasteiger partial charge in [-0.15, -0.1) is 0 Å². The Kier molecular flexibility index (Phi) is 27.8. The van der Waals surface area contributed by atoms with E-state index in [-0.39, 0.29) is 123 Å². The molecule has 5 rings (SSSR count). The number of hydrogen-bond donors (Lipinski definition) is 1. The van der Waals surface area contributed by atoms with Crippen LogP contribution in [0.5, 0.6) is 0 Å². The number of hydrogen-bond acceptors (Lipinski definition) is 13. The van der Waals surface area contributed by atoms with E-state index in [4.69, 9.17) is 50.6 Å². The highest BCUT2D eigenvalue weighted by molar-refractivity contribution is 14.1. The molecule has 0 aromatic heterocycles. The summed E-state index contributed by atoms with van der Waals surface area (Å²) in [6.07, 6.45) is 5.59. The van der Waals surface area contributed by atoms with Crippen molar-refractivity contribution in [1.82, 2.24) is 0 Å². The number of Topliss-reactive ketones (excluding diaryl/α,β-unsaturated/α-hetero) is 1. The van der Waals surface area contributed by atoms with E-state index in [2.05, 4.69) is 222 Å². The molecule has 5 aliphatic rings. The van der Waals surface area contributed by atoms with Gasteiger partial charge in [0.05, 0.1) is 73.8 Å². The molecule has 0 aliphatic carbocycles. The number of rotatable bonds is 28. The van der Waals surface area contributed by atoms with E-state index < -0.39 is 72.1 Å². The highest BCUT2D eigenvalue weighted by Gasteiger charge is 2.59. The van der Waals surface area contributed by atoms with Crippen molar-refractivity contribution in [3.05, 3.63) is 34.5 Å². The number of ketones is 1. The number of halogens is 1. The first-order chi connectivity index (χ1) is 40.5. The number of carbonyl (C=O) groups is 1. The third-order valence-electron chi connectivity index (χ3n) is 23.3. The van der Waals surface area contributed by atoms with Crippen LogP contribution in [0.2, 0.25) is 90.7 Å². The van der Waals surface area contributed by atoms with Gasteiger partial charge < -0.3 is 55.7 Å². The summed E-state index contributed by atoms with van der Waals surface area (Å²) >= 11 is 2.32. The maximum absolute atomic E-state index is 15.4. The average molecular weight is 1450 g/mol. The zero-order valence-corrected chi connectivity index (χ0v) is 68.7. The van der Waals surface area contributed by atoms with Gasteiger partial charge >= 0.3 is 0 Å². The van der Waals surface area contributed by atoms with Gasteiger partial charge in [-0.05, 0) is 169 Å². The molecule has 0 saturated carbocycles. The molecule has 518 valence electrons. The summed E-state index contributed by atoms with van der Waals surface area (Å²) in [5.41, 5.74) is 2.20. The lowest BCUT2D eigenvalue weighted by Crippen LogP contribution is -2.69. The summed E-state index contributed by atoms with van der Waals surface area (Å²) in [5, 5.41) is 9.25. The molecular weight excluding hydrogens is 1320 g/mol. The van der Waals surface area contributed by atoms with Crippen molar-refractivity contribution in [2.24, 2.45) is 11.8 Å². The summed E-state index contributed by atoms with van der Waals surface area (Å²) in [6, 6.07) is 0. The molecule has 0 spiro atoms. The first kappa shape index (κ1) is 79.9. The predicted molar refractivity (Wildman–Crippen MR) is 387 cm³/mol. The molecule has 5 aliphatic heterocycles. The maximum atomic E-state index is 15.4. The van der Waals surface area contributed by atoms with E-state index in [1.165, 1.54) is 0 Å². The molecule has 0 amide bonds. The van der Waals surface area contributed by atoms with Crippen LogP contribution in [0, 0.1) is 11.8 Å². The molecule has 0 radical (unpaired) electrons. The van der Waals surface area contributed by atoms with Gasteiger partial charge in [0.15, 0.2) is 41.6 Å². The lowest BCUT2D eigenvalue weighted by molar-refractivity contribution is -0.266. The number of aliphatic hydroxyl groups excluding tert-OH is 1. The second kappa shape index (κ2) is 31.0. The smallest absolute Gasteiger partial charge is 0.193 e. The quantitative estimate of drug-likeness (QED) is 0.0452. The largest absolute Gasteiger partial charge is 0.414 e. The number of aliphatic hydroxyl groups is 1. The van der Waals surface area contributed by atoms with Gasteiger partial charge in [0.2, 0.25) is 0 Å². The van der Waals surface area contributed by atoms with Gasteiger partial charge in [0.1, 0.15) is 30.2 Å². The Morgan fingerprint density at radius 3 is 1.73 bits per heavy atom. The molecule has 1 N–H and O–H groups in total. The van der Waals surface area contributed by atoms with Crippen LogP contribution in [0.1, 0.15) is 188 Å². The Balaban J connectivity index is 1.51. The second-order valence-corrected chi connectivity index (χ2v) is 59.9. The first-order valence-corrected chi connectivity index (χ1v) is 50.2. The lowest BCUT2D eigenvalue weighted by atomic mass is 9.81. The van der Waals surface area contributed by atoms with Crippen LogP contribution in [0.3, 0.4) is 0 Å². The lowest BCUT2D eigenvalue weighted by Gasteiger charge is -2.56. The molecule has 5 saturated heterocycles. The van der Waals surface area contributed by atoms with Crippen molar-refractivity contribution in [1.29, 1.82) is 0 Å². The van der Waals surface area contributed by atoms with Gasteiger partial charge in [-0.1, -0.05) is 147 Å². The monoisotopic (exact) mass is 1450 g/mol. The normalized spacial score (nSPS) is 31.8. The molecule has 19 heteroatoms. The van der Waals surface area contributed by atoms with E-state index >= 15 is 4.79 Å². The standard InChI is InChI=1S/C70H133IO13Si5/c1-46-39-51(32-34-55-47(2)40-50(76-55)31-30-38-72)77-58(48(46)3)44-59-54(61(74-19)60(79-59)43-53(81-86(22,23)67(7,8)9)45-75-85(20,21)66(4,5)6)42-49(73)41-52-33-35-56-62(78-52)64(83-88(26,27)69(13,14)15)65(84-89(28,29)70(16,17)18)63(80-56)57(36-37-71)82-87(24,25)68(10,11)12/h36-37,46,50-65,72H,2-3,30-35,38-45H2,1,4-29H3/b37-36+/t46-,50+,51+,52-,53+,54+,55+,56+,57+,58-,59+,60-,61-,62+,63+,64+,65-/m1/s1. The molecule has 5 heterocycles. The summed E-state index contributed by atoms with van der Waals surface area (Å²) in [4.78, 5) is 15.4. The number of fused-ring (bicyclic) bond motifs is 1. The van der Waals surface area contributed by atoms with E-state index in [0.717, 1.165) is 49.7 Å². The maximum Gasteiger partial charge on any atom is 0.193 e. The third kappa shape index (κ3) is 20.6. The van der Waals surface area contributed by atoms with Crippen LogP contribution >= 0.6 is 22.6 Å². The Hall–Kier alpha value is 0.224. The molecule has 13 nitrogen and oxygen atoms in total. The van der Waals surface area contributed by atoms with Crippen LogP contribution in [0.4, 0.5) is 0 Å². The molecule has 89 heavy (non-hydrogen) atoms. The van der Waals surface area contributed by atoms with E-state index in [1.807, 2.05) is 0 Å². The Morgan fingerprint density at radius 1 is 0.640 bits per heavy atom. The van der Waals surface area contributed by atoms with Gasteiger partial charge in [0.25, 0.3) is 0 Å². The SMILES string of the molecule is C=C1C[C@H](CCCO)O[C@H]1CC[C@H]1C[C@@H](C)C(=C)[C@@H](C[C@@H]2O[C@H](C[C@@H](CO[Si](C)(C)C(C)(C)C)O[Si](C)(C)C(C)(C)C)[C@H](OC)[C@H]2CC(=O)C[C@H]2CC[C@@H]3O[C@@H]([C@H](/C=C/I)O[Si](C)(C)C(C)(C)C)[C@@H](O[Si](C)(C)C(C)(C)C)[C@@H](O[Si](C)(C)C(C)(C)C)[C@H]3O2)O1. The van der Waals surface area contributed by atoms with E-state index in [9.17, 15) is 5.11 Å². The topological polar surface area (TPSA) is 139 Å². The second-order valence-electron chi connectivity index (χ2n) is 35.4. The van der Waals surface area contributed by atoms with Crippen molar-refractivity contribution >= 4 is 70.0 Å². The molecule has 0 bridgehead atoms. The number of carbonyl (C=O) groups excluding carboxylic acids is 1. The Labute approximate surface area is 563 Å². The summed E-state index contributed by atoms with van der Waals surface area (Å²) in [6.45, 7) is 69.4. The van der Waals surface area contributed by atoms with Gasteiger partial charge in [-0.2, -0.15) is 0 Å². The molecule has 17 atom stereocenters. The predicted octanol–water partition coefficient (Wildman–Crippen LogP) is 18.0.